The minimum absolute atomic E-state index is 0.00617. The molecule has 2 amide bonds. The standard InChI is InChI=1S/C29H30F7N3O3/c1-16-11-21(30)5-6-22(16)24-15-27(8-7-23(37-27)25(40)42-4)9-10-39(24)26(41)38(3)17(2)18-12-19(28(31,32)33)14-20(13-18)29(34,35)36/h5-6,11-14,23-24,37H,2,7-10,15H2,1,3-4H3/t23-,24-,27?/m1/s1. The zero-order valence-corrected chi connectivity index (χ0v) is 23.1. The SMILES string of the molecule is C=C(c1cc(C(F)(F)F)cc(C(F)(F)F)c1)N(C)C(=O)N1CCC2(CC[C@H](C(=O)OC)N2)C[C@@H]1c1ccc(F)cc1C. The first-order chi connectivity index (χ1) is 19.5. The zero-order chi connectivity index (χ0) is 31.2. The first-order valence-corrected chi connectivity index (χ1v) is 13.1. The number of likely N-dealkylation sites (tertiary alicyclic amines) is 1. The predicted octanol–water partition coefficient (Wildman–Crippen LogP) is 6.70. The highest BCUT2D eigenvalue weighted by molar-refractivity contribution is 5.85. The first-order valence-electron chi connectivity index (χ1n) is 13.1. The van der Waals surface area contributed by atoms with E-state index in [2.05, 4.69) is 11.9 Å². The lowest BCUT2D eigenvalue weighted by Gasteiger charge is -2.47. The van der Waals surface area contributed by atoms with E-state index in [-0.39, 0.29) is 18.3 Å². The van der Waals surface area contributed by atoms with Crippen molar-refractivity contribution in [3.05, 3.63) is 76.6 Å². The van der Waals surface area contributed by atoms with Crippen LogP contribution in [0.15, 0.2) is 43.0 Å². The largest absolute Gasteiger partial charge is 0.468 e. The van der Waals surface area contributed by atoms with Gasteiger partial charge in [-0.25, -0.2) is 9.18 Å². The molecule has 42 heavy (non-hydrogen) atoms. The molecule has 0 radical (unpaired) electrons. The number of aryl methyl sites for hydroxylation is 1. The minimum atomic E-state index is -5.07. The Morgan fingerprint density at radius 2 is 1.67 bits per heavy atom. The van der Waals surface area contributed by atoms with Gasteiger partial charge in [-0.15, -0.1) is 0 Å². The molecule has 1 N–H and O–H groups in total. The van der Waals surface area contributed by atoms with Crippen molar-refractivity contribution in [3.63, 3.8) is 0 Å². The summed E-state index contributed by atoms with van der Waals surface area (Å²) in [6, 6.07) is 3.23. The number of hydrogen-bond donors (Lipinski definition) is 1. The van der Waals surface area contributed by atoms with Gasteiger partial charge in [-0.05, 0) is 79.6 Å². The van der Waals surface area contributed by atoms with E-state index in [4.69, 9.17) is 4.74 Å². The van der Waals surface area contributed by atoms with E-state index < -0.39 is 64.5 Å². The van der Waals surface area contributed by atoms with Crippen LogP contribution in [0.5, 0.6) is 0 Å². The molecular formula is C29H30F7N3O3. The molecule has 6 nitrogen and oxygen atoms in total. The van der Waals surface area contributed by atoms with Crippen LogP contribution >= 0.6 is 0 Å². The molecule has 2 saturated heterocycles. The Hall–Kier alpha value is -3.61. The van der Waals surface area contributed by atoms with Gasteiger partial charge in [0.2, 0.25) is 0 Å². The third-order valence-corrected chi connectivity index (χ3v) is 8.12. The number of nitrogens with zero attached hydrogens (tertiary/aromatic N) is 2. The summed E-state index contributed by atoms with van der Waals surface area (Å²) >= 11 is 0. The summed E-state index contributed by atoms with van der Waals surface area (Å²) in [6.45, 7) is 5.46. The maximum absolute atomic E-state index is 14.0. The average molecular weight is 602 g/mol. The summed E-state index contributed by atoms with van der Waals surface area (Å²) in [4.78, 5) is 28.4. The van der Waals surface area contributed by atoms with Crippen molar-refractivity contribution in [2.45, 2.75) is 62.6 Å². The number of urea groups is 1. The lowest BCUT2D eigenvalue weighted by molar-refractivity contribution is -0.144. The van der Waals surface area contributed by atoms with Crippen LogP contribution in [0.4, 0.5) is 35.5 Å². The fraction of sp³-hybridized carbons (Fsp3) is 0.448. The highest BCUT2D eigenvalue weighted by atomic mass is 19.4. The fourth-order valence-corrected chi connectivity index (χ4v) is 5.83. The van der Waals surface area contributed by atoms with Crippen molar-refractivity contribution < 1.29 is 45.1 Å². The van der Waals surface area contributed by atoms with Crippen molar-refractivity contribution in [2.24, 2.45) is 0 Å². The molecule has 1 spiro atoms. The quantitative estimate of drug-likeness (QED) is 0.313. The van der Waals surface area contributed by atoms with E-state index in [1.54, 1.807) is 13.0 Å². The number of benzene rings is 2. The molecule has 0 aliphatic carbocycles. The van der Waals surface area contributed by atoms with Crippen LogP contribution in [0.1, 0.15) is 59.5 Å². The fourth-order valence-electron chi connectivity index (χ4n) is 5.83. The van der Waals surface area contributed by atoms with E-state index in [9.17, 15) is 40.3 Å². The maximum Gasteiger partial charge on any atom is 0.416 e. The number of carbonyl (C=O) groups excluding carboxylic acids is 2. The van der Waals surface area contributed by atoms with Crippen molar-refractivity contribution in [1.82, 2.24) is 15.1 Å². The minimum Gasteiger partial charge on any atom is -0.468 e. The number of esters is 1. The Bertz CT molecular complexity index is 1360. The Balaban J connectivity index is 1.68. The van der Waals surface area contributed by atoms with Gasteiger partial charge in [0.25, 0.3) is 0 Å². The van der Waals surface area contributed by atoms with E-state index in [1.807, 2.05) is 0 Å². The van der Waals surface area contributed by atoms with Gasteiger partial charge in [0.05, 0.1) is 24.3 Å². The molecule has 3 atom stereocenters. The van der Waals surface area contributed by atoms with Crippen molar-refractivity contribution in [2.75, 3.05) is 20.7 Å². The Morgan fingerprint density at radius 1 is 1.05 bits per heavy atom. The average Bonchev–Trinajstić information content (AvgIpc) is 3.33. The molecular weight excluding hydrogens is 571 g/mol. The number of halogens is 7. The second-order valence-corrected chi connectivity index (χ2v) is 10.8. The molecule has 4 rings (SSSR count). The number of piperidine rings is 1. The van der Waals surface area contributed by atoms with Crippen LogP contribution < -0.4 is 5.32 Å². The topological polar surface area (TPSA) is 61.9 Å². The number of rotatable bonds is 4. The Morgan fingerprint density at radius 3 is 2.21 bits per heavy atom. The van der Waals surface area contributed by atoms with E-state index in [0.29, 0.717) is 48.9 Å². The summed E-state index contributed by atoms with van der Waals surface area (Å²) in [5.74, 6) is -0.907. The van der Waals surface area contributed by atoms with Crippen LogP contribution in [-0.2, 0) is 21.9 Å². The van der Waals surface area contributed by atoms with Gasteiger partial charge in [-0.1, -0.05) is 12.6 Å². The van der Waals surface area contributed by atoms with E-state index in [0.717, 1.165) is 4.90 Å². The predicted molar refractivity (Wildman–Crippen MR) is 139 cm³/mol. The number of amides is 2. The van der Waals surface area contributed by atoms with Gasteiger partial charge in [0.1, 0.15) is 11.9 Å². The van der Waals surface area contributed by atoms with E-state index >= 15 is 0 Å². The summed E-state index contributed by atoms with van der Waals surface area (Å²) < 4.78 is 99.6. The van der Waals surface area contributed by atoms with Gasteiger partial charge >= 0.3 is 24.4 Å². The van der Waals surface area contributed by atoms with Crippen molar-refractivity contribution >= 4 is 17.7 Å². The smallest absolute Gasteiger partial charge is 0.416 e. The van der Waals surface area contributed by atoms with Crippen LogP contribution in [0, 0.1) is 12.7 Å². The molecule has 228 valence electrons. The number of alkyl halides is 6. The van der Waals surface area contributed by atoms with Gasteiger partial charge in [-0.3, -0.25) is 15.0 Å². The summed E-state index contributed by atoms with van der Waals surface area (Å²) in [6.07, 6.45) is -8.31. The Labute approximate surface area is 238 Å². The molecule has 2 aromatic carbocycles. The zero-order valence-electron chi connectivity index (χ0n) is 23.1. The van der Waals surface area contributed by atoms with Crippen LogP contribution in [0.3, 0.4) is 0 Å². The normalized spacial score (nSPS) is 22.8. The van der Waals surface area contributed by atoms with Crippen molar-refractivity contribution in [3.8, 4) is 0 Å². The van der Waals surface area contributed by atoms with Crippen molar-refractivity contribution in [1.29, 1.82) is 0 Å². The third-order valence-electron chi connectivity index (χ3n) is 8.12. The highest BCUT2D eigenvalue weighted by Crippen LogP contribution is 2.44. The number of ether oxygens (including phenoxy) is 1. The highest BCUT2D eigenvalue weighted by Gasteiger charge is 2.48. The molecule has 1 unspecified atom stereocenters. The molecule has 0 bridgehead atoms. The van der Waals surface area contributed by atoms with Crippen LogP contribution in [-0.4, -0.2) is 54.1 Å². The monoisotopic (exact) mass is 601 g/mol. The van der Waals surface area contributed by atoms with Gasteiger partial charge < -0.3 is 9.64 Å². The van der Waals surface area contributed by atoms with Gasteiger partial charge in [0.15, 0.2) is 0 Å². The Kier molecular flexibility index (Phi) is 8.38. The molecule has 2 heterocycles. The molecule has 2 aromatic rings. The second kappa shape index (κ2) is 11.2. The third kappa shape index (κ3) is 6.25. The molecule has 13 heteroatoms. The van der Waals surface area contributed by atoms with E-state index in [1.165, 1.54) is 31.2 Å². The second-order valence-electron chi connectivity index (χ2n) is 10.8. The van der Waals surface area contributed by atoms with Crippen LogP contribution in [0.25, 0.3) is 5.70 Å². The molecule has 0 saturated carbocycles. The first kappa shape index (κ1) is 31.3. The number of methoxy groups -OCH3 is 1. The molecule has 2 aliphatic heterocycles. The lowest BCUT2D eigenvalue weighted by Crippen LogP contribution is -2.56. The summed E-state index contributed by atoms with van der Waals surface area (Å²) in [5.41, 5.74) is -3.33. The summed E-state index contributed by atoms with van der Waals surface area (Å²) in [5, 5.41) is 3.33. The number of carbonyl (C=O) groups is 2. The van der Waals surface area contributed by atoms with Gasteiger partial charge in [0, 0.05) is 24.8 Å². The summed E-state index contributed by atoms with van der Waals surface area (Å²) in [7, 11) is 2.50. The number of nitrogens with one attached hydrogen (secondary N) is 1. The van der Waals surface area contributed by atoms with Crippen LogP contribution in [0.2, 0.25) is 0 Å². The van der Waals surface area contributed by atoms with Gasteiger partial charge in [-0.2, -0.15) is 26.3 Å². The molecule has 2 fully saturated rings. The number of hydrogen-bond acceptors (Lipinski definition) is 4. The molecule has 0 aromatic heterocycles. The lowest BCUT2D eigenvalue weighted by atomic mass is 9.79. The maximum atomic E-state index is 14.0. The molecule has 2 aliphatic rings.